The van der Waals surface area contributed by atoms with Gasteiger partial charge < -0.3 is 19.9 Å². The molecule has 170 valence electrons. The Morgan fingerprint density at radius 3 is 2.76 bits per heavy atom. The number of fused-ring (bicyclic) bond motifs is 5. The normalized spacial score (nSPS) is 18.7. The molecule has 0 spiro atoms. The summed E-state index contributed by atoms with van der Waals surface area (Å²) < 4.78 is 4.26. The molecule has 1 unspecified atom stereocenters. The standard InChI is InChI=1S/C26H25N7O/c1-28-11-21-14-31(15-25(21)34)22-6-7-23-20(8-22)13-32-12-19(18-4-2-17(10-27)3-5-18)9-24(32)26-30-29-16-33(23)26/h2-9,12,16,21,25,28,34H,11,13-15H2,1H3/t21?,25-/m0/s1. The Morgan fingerprint density at radius 1 is 1.12 bits per heavy atom. The molecule has 2 atom stereocenters. The van der Waals surface area contributed by atoms with Crippen molar-refractivity contribution in [2.45, 2.75) is 12.6 Å². The molecular weight excluding hydrogens is 426 g/mol. The van der Waals surface area contributed by atoms with E-state index < -0.39 is 0 Å². The Labute approximate surface area is 197 Å². The van der Waals surface area contributed by atoms with Crippen LogP contribution in [0.4, 0.5) is 5.69 Å². The van der Waals surface area contributed by atoms with Crippen molar-refractivity contribution in [2.24, 2.45) is 5.92 Å². The lowest BCUT2D eigenvalue weighted by Gasteiger charge is -2.20. The summed E-state index contributed by atoms with van der Waals surface area (Å²) in [6.07, 6.45) is 3.57. The molecule has 0 bridgehead atoms. The van der Waals surface area contributed by atoms with Crippen molar-refractivity contribution in [2.75, 3.05) is 31.6 Å². The highest BCUT2D eigenvalue weighted by Crippen LogP contribution is 2.35. The number of hydrogen-bond acceptors (Lipinski definition) is 6. The van der Waals surface area contributed by atoms with Gasteiger partial charge in [-0.05, 0) is 54.6 Å². The molecule has 4 aromatic rings. The molecule has 1 fully saturated rings. The number of hydrogen-bond donors (Lipinski definition) is 2. The van der Waals surface area contributed by atoms with Crippen LogP contribution in [-0.2, 0) is 6.54 Å². The van der Waals surface area contributed by atoms with Crippen LogP contribution in [0, 0.1) is 17.2 Å². The van der Waals surface area contributed by atoms with Crippen molar-refractivity contribution in [3.63, 3.8) is 0 Å². The zero-order valence-electron chi connectivity index (χ0n) is 18.9. The molecule has 2 N–H and O–H groups in total. The van der Waals surface area contributed by atoms with E-state index in [0.29, 0.717) is 18.7 Å². The van der Waals surface area contributed by atoms with Crippen LogP contribution in [0.25, 0.3) is 28.3 Å². The van der Waals surface area contributed by atoms with Gasteiger partial charge in [0.15, 0.2) is 5.82 Å². The molecular formula is C26H25N7O. The third-order valence-electron chi connectivity index (χ3n) is 6.92. The largest absolute Gasteiger partial charge is 0.391 e. The molecule has 34 heavy (non-hydrogen) atoms. The molecule has 6 rings (SSSR count). The number of nitrogens with zero attached hydrogens (tertiary/aromatic N) is 6. The maximum Gasteiger partial charge on any atom is 0.185 e. The van der Waals surface area contributed by atoms with E-state index >= 15 is 0 Å². The number of aliphatic hydroxyl groups is 1. The fourth-order valence-corrected chi connectivity index (χ4v) is 5.15. The summed E-state index contributed by atoms with van der Waals surface area (Å²) in [7, 11) is 1.93. The number of anilines is 1. The third-order valence-corrected chi connectivity index (χ3v) is 6.92. The van der Waals surface area contributed by atoms with Gasteiger partial charge in [0.05, 0.1) is 29.1 Å². The number of aliphatic hydroxyl groups excluding tert-OH is 1. The van der Waals surface area contributed by atoms with Gasteiger partial charge in [-0.25, -0.2) is 0 Å². The smallest absolute Gasteiger partial charge is 0.185 e. The maximum atomic E-state index is 10.5. The summed E-state index contributed by atoms with van der Waals surface area (Å²) in [4.78, 5) is 2.27. The van der Waals surface area contributed by atoms with E-state index in [9.17, 15) is 5.11 Å². The van der Waals surface area contributed by atoms with E-state index in [2.05, 4.69) is 61.5 Å². The van der Waals surface area contributed by atoms with Gasteiger partial charge in [0.1, 0.15) is 6.33 Å². The van der Waals surface area contributed by atoms with Crippen molar-refractivity contribution in [1.82, 2.24) is 24.6 Å². The molecule has 0 amide bonds. The lowest BCUT2D eigenvalue weighted by Crippen LogP contribution is -2.28. The molecule has 1 saturated heterocycles. The molecule has 8 nitrogen and oxygen atoms in total. The van der Waals surface area contributed by atoms with E-state index in [1.165, 1.54) is 5.56 Å². The molecule has 0 saturated carbocycles. The SMILES string of the molecule is CNCC1CN(c2ccc3c(c2)Cn2cc(-c4ccc(C#N)cc4)cc2-c2nncn2-3)C[C@@H]1O. The summed E-state index contributed by atoms with van der Waals surface area (Å²) in [5.41, 5.74) is 7.14. The highest BCUT2D eigenvalue weighted by Gasteiger charge is 2.31. The van der Waals surface area contributed by atoms with Crippen LogP contribution < -0.4 is 10.2 Å². The first-order chi connectivity index (χ1) is 16.6. The number of β-amino-alcohol motifs (C(OH)–C–C–N with tert-alkyl or cyclic N) is 1. The van der Waals surface area contributed by atoms with Crippen LogP contribution in [0.1, 0.15) is 11.1 Å². The van der Waals surface area contributed by atoms with Crippen LogP contribution in [-0.4, -0.2) is 57.2 Å². The van der Waals surface area contributed by atoms with Gasteiger partial charge in [0.25, 0.3) is 0 Å². The molecule has 0 radical (unpaired) electrons. The van der Waals surface area contributed by atoms with Crippen LogP contribution >= 0.6 is 0 Å². The van der Waals surface area contributed by atoms with Gasteiger partial charge in [0, 0.05) is 49.5 Å². The Hall–Kier alpha value is -3.93. The number of rotatable bonds is 4. The lowest BCUT2D eigenvalue weighted by molar-refractivity contribution is 0.148. The number of nitrogens with one attached hydrogen (secondary N) is 1. The predicted molar refractivity (Wildman–Crippen MR) is 130 cm³/mol. The summed E-state index contributed by atoms with van der Waals surface area (Å²) in [5, 5.41) is 31.4. The maximum absolute atomic E-state index is 10.5. The van der Waals surface area contributed by atoms with Gasteiger partial charge >= 0.3 is 0 Å². The van der Waals surface area contributed by atoms with Gasteiger partial charge in [-0.2, -0.15) is 5.26 Å². The van der Waals surface area contributed by atoms with E-state index in [0.717, 1.165) is 47.1 Å². The second-order valence-electron chi connectivity index (χ2n) is 9.06. The first-order valence-electron chi connectivity index (χ1n) is 11.5. The van der Waals surface area contributed by atoms with Crippen LogP contribution in [0.2, 0.25) is 0 Å². The van der Waals surface area contributed by atoms with Crippen molar-refractivity contribution < 1.29 is 5.11 Å². The zero-order valence-corrected chi connectivity index (χ0v) is 18.9. The third kappa shape index (κ3) is 3.37. The minimum absolute atomic E-state index is 0.222. The molecule has 2 aromatic carbocycles. The molecule has 2 aromatic heterocycles. The Balaban J connectivity index is 1.38. The lowest BCUT2D eigenvalue weighted by atomic mass is 10.1. The van der Waals surface area contributed by atoms with Crippen LogP contribution in [0.5, 0.6) is 0 Å². The molecule has 2 aliphatic heterocycles. The average Bonchev–Trinajstić information content (AvgIpc) is 3.57. The highest BCUT2D eigenvalue weighted by atomic mass is 16.3. The van der Waals surface area contributed by atoms with Crippen molar-refractivity contribution in [3.05, 3.63) is 72.2 Å². The Bertz CT molecular complexity index is 1400. The van der Waals surface area contributed by atoms with Gasteiger partial charge in [-0.15, -0.1) is 10.2 Å². The summed E-state index contributed by atoms with van der Waals surface area (Å²) in [5.74, 6) is 1.02. The summed E-state index contributed by atoms with van der Waals surface area (Å²) >= 11 is 0. The molecule has 8 heteroatoms. The van der Waals surface area contributed by atoms with E-state index in [-0.39, 0.29) is 12.0 Å². The molecule has 4 heterocycles. The van der Waals surface area contributed by atoms with E-state index in [4.69, 9.17) is 5.26 Å². The van der Waals surface area contributed by atoms with E-state index in [1.807, 2.05) is 35.9 Å². The van der Waals surface area contributed by atoms with Crippen molar-refractivity contribution in [3.8, 4) is 34.4 Å². The fourth-order valence-electron chi connectivity index (χ4n) is 5.15. The second kappa shape index (κ2) is 8.13. The van der Waals surface area contributed by atoms with Crippen LogP contribution in [0.15, 0.2) is 61.1 Å². The first kappa shape index (κ1) is 20.7. The van der Waals surface area contributed by atoms with Crippen LogP contribution in [0.3, 0.4) is 0 Å². The summed E-state index contributed by atoms with van der Waals surface area (Å²) in [6.45, 7) is 2.98. The minimum atomic E-state index is -0.332. The Morgan fingerprint density at radius 2 is 1.97 bits per heavy atom. The van der Waals surface area contributed by atoms with Gasteiger partial charge in [-0.3, -0.25) is 4.57 Å². The highest BCUT2D eigenvalue weighted by molar-refractivity contribution is 5.72. The summed E-state index contributed by atoms with van der Waals surface area (Å²) in [6, 6.07) is 18.4. The predicted octanol–water partition coefficient (Wildman–Crippen LogP) is 2.65. The zero-order chi connectivity index (χ0) is 23.2. The van der Waals surface area contributed by atoms with Crippen molar-refractivity contribution >= 4 is 5.69 Å². The van der Waals surface area contributed by atoms with Gasteiger partial charge in [0.2, 0.25) is 0 Å². The average molecular weight is 452 g/mol. The fraction of sp³-hybridized carbons (Fsp3) is 0.269. The van der Waals surface area contributed by atoms with Crippen molar-refractivity contribution in [1.29, 1.82) is 5.26 Å². The topological polar surface area (TPSA) is 94.9 Å². The van der Waals surface area contributed by atoms with E-state index in [1.54, 1.807) is 6.33 Å². The minimum Gasteiger partial charge on any atom is -0.391 e. The quantitative estimate of drug-likeness (QED) is 0.436. The molecule has 2 aliphatic rings. The molecule has 0 aliphatic carbocycles. The first-order valence-corrected chi connectivity index (χ1v) is 11.5. The number of aromatic nitrogens is 4. The number of nitriles is 1. The second-order valence-corrected chi connectivity index (χ2v) is 9.06. The monoisotopic (exact) mass is 451 g/mol. The Kier molecular flexibility index (Phi) is 4.94. The van der Waals surface area contributed by atoms with Gasteiger partial charge in [-0.1, -0.05) is 12.1 Å². The number of benzene rings is 2.